The summed E-state index contributed by atoms with van der Waals surface area (Å²) >= 11 is 0. The standard InChI is InChI=1S/C30H30N4O6/c1-39-29(37)25(33-30(38)40-19-20-7-3-2-4-8-20)13-14-27(35)32-24-11-6-12-26-23(24)15-16-34(26)18-21-9-5-10-22(17-21)28(31)36/h2-12,15-17,25H,13-14,18-19H2,1H3,(H2,31,36)(H,32,35)(H,33,38). The first-order valence-electron chi connectivity index (χ1n) is 12.7. The first-order valence-corrected chi connectivity index (χ1v) is 12.7. The van der Waals surface area contributed by atoms with Crippen molar-refractivity contribution in [2.24, 2.45) is 5.73 Å². The van der Waals surface area contributed by atoms with E-state index >= 15 is 0 Å². The summed E-state index contributed by atoms with van der Waals surface area (Å²) in [7, 11) is 1.21. The number of hydrogen-bond acceptors (Lipinski definition) is 6. The van der Waals surface area contributed by atoms with Crippen molar-refractivity contribution in [3.63, 3.8) is 0 Å². The van der Waals surface area contributed by atoms with Crippen LogP contribution in [0, 0.1) is 0 Å². The molecule has 4 aromatic rings. The van der Waals surface area contributed by atoms with Gasteiger partial charge in [0.2, 0.25) is 11.8 Å². The first kappa shape index (κ1) is 27.9. The Morgan fingerprint density at radius 3 is 2.42 bits per heavy atom. The molecule has 4 rings (SSSR count). The van der Waals surface area contributed by atoms with Crippen LogP contribution in [0.4, 0.5) is 10.5 Å². The number of carbonyl (C=O) groups is 4. The third kappa shape index (κ3) is 7.25. The van der Waals surface area contributed by atoms with Gasteiger partial charge in [0.1, 0.15) is 12.6 Å². The van der Waals surface area contributed by atoms with Crippen molar-refractivity contribution in [1.29, 1.82) is 0 Å². The lowest BCUT2D eigenvalue weighted by atomic mass is 10.1. The molecule has 0 bridgehead atoms. The Morgan fingerprint density at radius 1 is 0.925 bits per heavy atom. The molecular formula is C30H30N4O6. The van der Waals surface area contributed by atoms with E-state index in [-0.39, 0.29) is 25.4 Å². The Labute approximate surface area is 231 Å². The average Bonchev–Trinajstić information content (AvgIpc) is 3.38. The topological polar surface area (TPSA) is 142 Å². The van der Waals surface area contributed by atoms with Crippen LogP contribution in [0.25, 0.3) is 10.9 Å². The Balaban J connectivity index is 1.36. The summed E-state index contributed by atoms with van der Waals surface area (Å²) in [4.78, 5) is 48.8. The molecule has 0 fully saturated rings. The largest absolute Gasteiger partial charge is 0.467 e. The summed E-state index contributed by atoms with van der Waals surface area (Å²) in [5, 5.41) is 6.19. The molecule has 1 heterocycles. The minimum atomic E-state index is -1.05. The van der Waals surface area contributed by atoms with Gasteiger partial charge in [-0.1, -0.05) is 48.5 Å². The maximum absolute atomic E-state index is 12.8. The minimum absolute atomic E-state index is 0.0200. The molecule has 0 saturated heterocycles. The van der Waals surface area contributed by atoms with Crippen molar-refractivity contribution in [2.45, 2.75) is 32.0 Å². The van der Waals surface area contributed by atoms with Crippen molar-refractivity contribution >= 4 is 40.5 Å². The fraction of sp³-hybridized carbons (Fsp3) is 0.200. The molecule has 0 aliphatic heterocycles. The van der Waals surface area contributed by atoms with Gasteiger partial charge in [-0.25, -0.2) is 9.59 Å². The number of amides is 3. The number of esters is 1. The third-order valence-electron chi connectivity index (χ3n) is 6.30. The van der Waals surface area contributed by atoms with E-state index in [1.54, 1.807) is 24.3 Å². The van der Waals surface area contributed by atoms with Crippen LogP contribution in [0.15, 0.2) is 85.1 Å². The van der Waals surface area contributed by atoms with Crippen molar-refractivity contribution in [3.8, 4) is 0 Å². The van der Waals surface area contributed by atoms with Gasteiger partial charge in [0.15, 0.2) is 0 Å². The number of nitrogens with two attached hydrogens (primary N) is 1. The van der Waals surface area contributed by atoms with Crippen molar-refractivity contribution in [3.05, 3.63) is 102 Å². The quantitative estimate of drug-likeness (QED) is 0.245. The molecule has 206 valence electrons. The van der Waals surface area contributed by atoms with E-state index in [9.17, 15) is 19.2 Å². The third-order valence-corrected chi connectivity index (χ3v) is 6.30. The number of methoxy groups -OCH3 is 1. The van der Waals surface area contributed by atoms with Gasteiger partial charge >= 0.3 is 12.1 Å². The fourth-order valence-electron chi connectivity index (χ4n) is 4.28. The number of nitrogens with zero attached hydrogens (tertiary/aromatic N) is 1. The molecule has 10 heteroatoms. The zero-order chi connectivity index (χ0) is 28.5. The molecule has 1 atom stereocenters. The molecule has 0 aliphatic carbocycles. The fourth-order valence-corrected chi connectivity index (χ4v) is 4.28. The van der Waals surface area contributed by atoms with Crippen LogP contribution in [0.3, 0.4) is 0 Å². The second kappa shape index (κ2) is 13.1. The van der Waals surface area contributed by atoms with Gasteiger partial charge in [-0.3, -0.25) is 9.59 Å². The number of carbonyl (C=O) groups excluding carboxylic acids is 4. The van der Waals surface area contributed by atoms with Crippen LogP contribution in [-0.4, -0.2) is 41.6 Å². The molecular weight excluding hydrogens is 512 g/mol. The number of primary amides is 1. The molecule has 10 nitrogen and oxygen atoms in total. The van der Waals surface area contributed by atoms with Gasteiger partial charge in [-0.05, 0) is 47.9 Å². The first-order chi connectivity index (χ1) is 19.3. The molecule has 3 aromatic carbocycles. The van der Waals surface area contributed by atoms with Crippen LogP contribution >= 0.6 is 0 Å². The molecule has 0 spiro atoms. The zero-order valence-electron chi connectivity index (χ0n) is 22.0. The Morgan fingerprint density at radius 2 is 1.68 bits per heavy atom. The van der Waals surface area contributed by atoms with Gasteiger partial charge in [-0.15, -0.1) is 0 Å². The van der Waals surface area contributed by atoms with E-state index in [0.717, 1.165) is 22.0 Å². The smallest absolute Gasteiger partial charge is 0.408 e. The summed E-state index contributed by atoms with van der Waals surface area (Å²) in [5.74, 6) is -1.50. The number of fused-ring (bicyclic) bond motifs is 1. The van der Waals surface area contributed by atoms with Crippen molar-refractivity contribution in [1.82, 2.24) is 9.88 Å². The van der Waals surface area contributed by atoms with Crippen LogP contribution in [0.5, 0.6) is 0 Å². The Kier molecular flexibility index (Phi) is 9.14. The van der Waals surface area contributed by atoms with Crippen molar-refractivity contribution in [2.75, 3.05) is 12.4 Å². The number of benzene rings is 3. The molecule has 1 aromatic heterocycles. The van der Waals surface area contributed by atoms with E-state index in [4.69, 9.17) is 15.2 Å². The molecule has 0 radical (unpaired) electrons. The molecule has 0 aliphatic rings. The van der Waals surface area contributed by atoms with E-state index in [2.05, 4.69) is 10.6 Å². The number of anilines is 1. The number of aromatic nitrogens is 1. The van der Waals surface area contributed by atoms with E-state index in [1.165, 1.54) is 7.11 Å². The summed E-state index contributed by atoms with van der Waals surface area (Å²) in [5.41, 5.74) is 9.04. The molecule has 40 heavy (non-hydrogen) atoms. The highest BCUT2D eigenvalue weighted by molar-refractivity contribution is 6.01. The Hall–Kier alpha value is -5.12. The number of ether oxygens (including phenoxy) is 2. The summed E-state index contributed by atoms with van der Waals surface area (Å²) in [6.45, 7) is 0.552. The van der Waals surface area contributed by atoms with Crippen LogP contribution in [-0.2, 0) is 32.2 Å². The zero-order valence-corrected chi connectivity index (χ0v) is 22.0. The van der Waals surface area contributed by atoms with Crippen LogP contribution in [0.2, 0.25) is 0 Å². The second-order valence-corrected chi connectivity index (χ2v) is 9.12. The van der Waals surface area contributed by atoms with Gasteiger partial charge in [0.25, 0.3) is 0 Å². The van der Waals surface area contributed by atoms with Gasteiger partial charge in [0.05, 0.1) is 18.3 Å². The molecule has 3 amide bonds. The average molecular weight is 543 g/mol. The summed E-state index contributed by atoms with van der Waals surface area (Å²) in [6.07, 6.45) is 1.09. The predicted octanol–water partition coefficient (Wildman–Crippen LogP) is 3.98. The number of hydrogen-bond donors (Lipinski definition) is 3. The van der Waals surface area contributed by atoms with Crippen LogP contribution < -0.4 is 16.4 Å². The highest BCUT2D eigenvalue weighted by Gasteiger charge is 2.23. The SMILES string of the molecule is COC(=O)C(CCC(=O)Nc1cccc2c1ccn2Cc1cccc(C(N)=O)c1)NC(=O)OCc1ccccc1. The highest BCUT2D eigenvalue weighted by atomic mass is 16.6. The van der Waals surface area contributed by atoms with E-state index in [0.29, 0.717) is 17.8 Å². The molecule has 1 unspecified atom stereocenters. The number of alkyl carbamates (subject to hydrolysis) is 1. The van der Waals surface area contributed by atoms with Gasteiger partial charge < -0.3 is 30.4 Å². The monoisotopic (exact) mass is 542 g/mol. The lowest BCUT2D eigenvalue weighted by Crippen LogP contribution is -2.42. The molecule has 0 saturated carbocycles. The minimum Gasteiger partial charge on any atom is -0.467 e. The maximum Gasteiger partial charge on any atom is 0.408 e. The second-order valence-electron chi connectivity index (χ2n) is 9.12. The lowest BCUT2D eigenvalue weighted by molar-refractivity contribution is -0.143. The Bertz CT molecular complexity index is 1520. The summed E-state index contributed by atoms with van der Waals surface area (Å²) < 4.78 is 12.0. The highest BCUT2D eigenvalue weighted by Crippen LogP contribution is 2.26. The predicted molar refractivity (Wildman–Crippen MR) is 149 cm³/mol. The van der Waals surface area contributed by atoms with Gasteiger partial charge in [-0.2, -0.15) is 0 Å². The summed E-state index contributed by atoms with van der Waals surface area (Å²) in [6, 6.07) is 22.6. The van der Waals surface area contributed by atoms with Crippen molar-refractivity contribution < 1.29 is 28.7 Å². The number of nitrogens with one attached hydrogen (secondary N) is 2. The van der Waals surface area contributed by atoms with E-state index < -0.39 is 24.0 Å². The maximum atomic E-state index is 12.8. The van der Waals surface area contributed by atoms with Gasteiger partial charge in [0, 0.05) is 30.1 Å². The normalized spacial score (nSPS) is 11.4. The lowest BCUT2D eigenvalue weighted by Gasteiger charge is -2.16. The molecule has 4 N–H and O–H groups in total. The number of rotatable bonds is 11. The van der Waals surface area contributed by atoms with Crippen LogP contribution in [0.1, 0.15) is 34.3 Å². The van der Waals surface area contributed by atoms with E-state index in [1.807, 2.05) is 65.4 Å².